The number of rotatable bonds is 4. The Bertz CT molecular complexity index is 818. The van der Waals surface area contributed by atoms with Crippen molar-refractivity contribution >= 4 is 23.2 Å². The van der Waals surface area contributed by atoms with E-state index in [1.807, 2.05) is 30.3 Å². The summed E-state index contributed by atoms with van der Waals surface area (Å²) in [5.41, 5.74) is 8.57. The Balaban J connectivity index is 1.41. The molecule has 0 aromatic heterocycles. The Morgan fingerprint density at radius 3 is 2.43 bits per heavy atom. The van der Waals surface area contributed by atoms with Crippen molar-refractivity contribution in [3.63, 3.8) is 0 Å². The van der Waals surface area contributed by atoms with Crippen LogP contribution in [0.3, 0.4) is 0 Å². The number of hydrogen-bond acceptors (Lipinski definition) is 3. The Morgan fingerprint density at radius 1 is 1.04 bits per heavy atom. The van der Waals surface area contributed by atoms with Crippen molar-refractivity contribution in [3.05, 3.63) is 65.2 Å². The fourth-order valence-electron chi connectivity index (χ4n) is 4.83. The van der Waals surface area contributed by atoms with Gasteiger partial charge in [-0.25, -0.2) is 0 Å². The van der Waals surface area contributed by atoms with Crippen LogP contribution in [0.4, 0.5) is 5.69 Å². The highest BCUT2D eigenvalue weighted by atomic mass is 35.5. The second-order valence-corrected chi connectivity index (χ2v) is 8.51. The highest BCUT2D eigenvalue weighted by Gasteiger charge is 2.39. The third-order valence-electron chi connectivity index (χ3n) is 6.56. The minimum Gasteiger partial charge on any atom is -0.360 e. The zero-order valence-corrected chi connectivity index (χ0v) is 16.9. The topological polar surface area (TPSA) is 49.6 Å². The second kappa shape index (κ2) is 8.14. The van der Waals surface area contributed by atoms with Gasteiger partial charge in [0, 0.05) is 41.8 Å². The molecule has 0 spiro atoms. The lowest BCUT2D eigenvalue weighted by atomic mass is 9.68. The highest BCUT2D eigenvalue weighted by Crippen LogP contribution is 2.41. The lowest BCUT2D eigenvalue weighted by Crippen LogP contribution is -2.56. The largest absolute Gasteiger partial charge is 0.360 e. The number of halogens is 1. The molecule has 2 N–H and O–H groups in total. The average molecular weight is 398 g/mol. The monoisotopic (exact) mass is 397 g/mol. The number of carbonyl (C=O) groups is 1. The molecule has 2 aromatic carbocycles. The van der Waals surface area contributed by atoms with Gasteiger partial charge < -0.3 is 15.5 Å². The van der Waals surface area contributed by atoms with Crippen molar-refractivity contribution in [2.24, 2.45) is 5.73 Å². The van der Waals surface area contributed by atoms with Gasteiger partial charge in [0.2, 0.25) is 5.91 Å². The maximum atomic E-state index is 12.9. The molecule has 0 unspecified atom stereocenters. The molecule has 1 aliphatic heterocycles. The highest BCUT2D eigenvalue weighted by molar-refractivity contribution is 6.30. The van der Waals surface area contributed by atoms with Crippen LogP contribution >= 0.6 is 11.6 Å². The molecule has 2 aliphatic rings. The van der Waals surface area contributed by atoms with Gasteiger partial charge in [-0.1, -0.05) is 41.9 Å². The summed E-state index contributed by atoms with van der Waals surface area (Å²) < 4.78 is 0. The van der Waals surface area contributed by atoms with E-state index in [0.29, 0.717) is 19.1 Å². The van der Waals surface area contributed by atoms with E-state index < -0.39 is 0 Å². The summed E-state index contributed by atoms with van der Waals surface area (Å²) in [7, 11) is 0. The maximum Gasteiger partial charge on any atom is 0.242 e. The van der Waals surface area contributed by atoms with Gasteiger partial charge in [0.15, 0.2) is 0 Å². The first-order valence-electron chi connectivity index (χ1n) is 10.2. The molecule has 4 rings (SSSR count). The van der Waals surface area contributed by atoms with E-state index in [-0.39, 0.29) is 11.3 Å². The SMILES string of the molecule is NC[C@]1(c2cccc(Cl)c2)CC[C@H](N2CCN(c3ccccc3)CC2=O)CC1. The van der Waals surface area contributed by atoms with Crippen molar-refractivity contribution < 1.29 is 4.79 Å². The zero-order chi connectivity index (χ0) is 19.6. The number of nitrogens with zero attached hydrogens (tertiary/aromatic N) is 2. The number of benzene rings is 2. The molecule has 1 heterocycles. The molecular formula is C23H28ClN3O. The van der Waals surface area contributed by atoms with Crippen LogP contribution in [0.15, 0.2) is 54.6 Å². The molecule has 0 bridgehead atoms. The Kier molecular flexibility index (Phi) is 5.61. The molecule has 2 fully saturated rings. The summed E-state index contributed by atoms with van der Waals surface area (Å²) in [6.07, 6.45) is 4.00. The quantitative estimate of drug-likeness (QED) is 0.852. The molecule has 2 aromatic rings. The Morgan fingerprint density at radius 2 is 1.79 bits per heavy atom. The number of carbonyl (C=O) groups excluding carboxylic acids is 1. The van der Waals surface area contributed by atoms with Crippen LogP contribution in [0.5, 0.6) is 0 Å². The summed E-state index contributed by atoms with van der Waals surface area (Å²) in [5, 5.41) is 0.764. The van der Waals surface area contributed by atoms with E-state index in [2.05, 4.69) is 34.1 Å². The van der Waals surface area contributed by atoms with Crippen LogP contribution in [-0.4, -0.2) is 43.0 Å². The first-order chi connectivity index (χ1) is 13.6. The van der Waals surface area contributed by atoms with Crippen LogP contribution in [0, 0.1) is 0 Å². The van der Waals surface area contributed by atoms with Gasteiger partial charge in [0.25, 0.3) is 0 Å². The van der Waals surface area contributed by atoms with Gasteiger partial charge in [-0.15, -0.1) is 0 Å². The normalized spacial score (nSPS) is 25.8. The predicted octanol–water partition coefficient (Wildman–Crippen LogP) is 3.83. The Hall–Kier alpha value is -2.04. The van der Waals surface area contributed by atoms with E-state index in [1.165, 1.54) is 5.56 Å². The fourth-order valence-corrected chi connectivity index (χ4v) is 5.02. The molecule has 0 radical (unpaired) electrons. The third-order valence-corrected chi connectivity index (χ3v) is 6.79. The van der Waals surface area contributed by atoms with Crippen LogP contribution in [-0.2, 0) is 10.2 Å². The van der Waals surface area contributed by atoms with E-state index >= 15 is 0 Å². The summed E-state index contributed by atoms with van der Waals surface area (Å²) in [4.78, 5) is 17.2. The first kappa shape index (κ1) is 19.3. The van der Waals surface area contributed by atoms with Crippen molar-refractivity contribution in [2.75, 3.05) is 31.1 Å². The maximum absolute atomic E-state index is 12.9. The summed E-state index contributed by atoms with van der Waals surface area (Å²) in [6, 6.07) is 18.6. The average Bonchev–Trinajstić information content (AvgIpc) is 2.74. The number of anilines is 1. The van der Waals surface area contributed by atoms with Crippen molar-refractivity contribution in [2.45, 2.75) is 37.1 Å². The van der Waals surface area contributed by atoms with Gasteiger partial charge in [-0.05, 0) is 55.5 Å². The summed E-state index contributed by atoms with van der Waals surface area (Å²) in [6.45, 7) is 2.78. The predicted molar refractivity (Wildman–Crippen MR) is 115 cm³/mol. The third kappa shape index (κ3) is 3.76. The molecule has 1 saturated carbocycles. The molecule has 5 heteroatoms. The number of piperazine rings is 1. The first-order valence-corrected chi connectivity index (χ1v) is 10.5. The molecule has 1 amide bonds. The summed E-state index contributed by atoms with van der Waals surface area (Å²) in [5.74, 6) is 0.239. The second-order valence-electron chi connectivity index (χ2n) is 8.07. The zero-order valence-electron chi connectivity index (χ0n) is 16.2. The smallest absolute Gasteiger partial charge is 0.242 e. The van der Waals surface area contributed by atoms with Gasteiger partial charge in [0.1, 0.15) is 0 Å². The van der Waals surface area contributed by atoms with Crippen LogP contribution < -0.4 is 10.6 Å². The molecule has 148 valence electrons. The van der Waals surface area contributed by atoms with Crippen molar-refractivity contribution in [1.29, 1.82) is 0 Å². The molecule has 1 aliphatic carbocycles. The van der Waals surface area contributed by atoms with Crippen molar-refractivity contribution in [3.8, 4) is 0 Å². The molecule has 1 saturated heterocycles. The van der Waals surface area contributed by atoms with Crippen LogP contribution in [0.25, 0.3) is 0 Å². The van der Waals surface area contributed by atoms with Gasteiger partial charge >= 0.3 is 0 Å². The fraction of sp³-hybridized carbons (Fsp3) is 0.435. The Labute approximate surface area is 172 Å². The van der Waals surface area contributed by atoms with Gasteiger partial charge in [0.05, 0.1) is 6.54 Å². The van der Waals surface area contributed by atoms with Gasteiger partial charge in [-0.3, -0.25) is 4.79 Å². The number of amides is 1. The number of nitrogens with two attached hydrogens (primary N) is 1. The van der Waals surface area contributed by atoms with E-state index in [1.54, 1.807) is 0 Å². The molecule has 4 nitrogen and oxygen atoms in total. The van der Waals surface area contributed by atoms with Crippen LogP contribution in [0.2, 0.25) is 5.02 Å². The number of hydrogen-bond donors (Lipinski definition) is 1. The van der Waals surface area contributed by atoms with Crippen molar-refractivity contribution in [1.82, 2.24) is 4.90 Å². The minimum absolute atomic E-state index is 0.0176. The summed E-state index contributed by atoms with van der Waals surface area (Å²) >= 11 is 6.22. The minimum atomic E-state index is -0.0176. The number of para-hydroxylation sites is 1. The van der Waals surface area contributed by atoms with Crippen LogP contribution in [0.1, 0.15) is 31.2 Å². The van der Waals surface area contributed by atoms with E-state index in [4.69, 9.17) is 17.3 Å². The standard InChI is InChI=1S/C23H28ClN3O/c24-19-6-4-5-18(15-19)23(17-25)11-9-21(10-12-23)27-14-13-26(16-22(27)28)20-7-2-1-3-8-20/h1-8,15,21H,9-14,16-17,25H2/t21-,23-. The van der Waals surface area contributed by atoms with E-state index in [0.717, 1.165) is 49.5 Å². The molecule has 28 heavy (non-hydrogen) atoms. The molecular weight excluding hydrogens is 370 g/mol. The molecule has 0 atom stereocenters. The lowest BCUT2D eigenvalue weighted by molar-refractivity contribution is -0.134. The van der Waals surface area contributed by atoms with E-state index in [9.17, 15) is 4.79 Å². The van der Waals surface area contributed by atoms with Gasteiger partial charge in [-0.2, -0.15) is 0 Å². The lowest BCUT2D eigenvalue weighted by Gasteiger charge is -2.46.